The van der Waals surface area contributed by atoms with Crippen molar-refractivity contribution in [1.82, 2.24) is 10.2 Å². The van der Waals surface area contributed by atoms with Crippen molar-refractivity contribution >= 4 is 0 Å². The van der Waals surface area contributed by atoms with Crippen LogP contribution in [0.15, 0.2) is 60.7 Å². The molecule has 2 aromatic rings. The van der Waals surface area contributed by atoms with Crippen LogP contribution in [0.3, 0.4) is 0 Å². The molecule has 0 radical (unpaired) electrons. The number of piperazine rings is 1. The zero-order valence-electron chi connectivity index (χ0n) is 12.8. The standard InChI is InChI=1S/C19H24N2/c1-2-14-21-15-13-20-19(16-21,17-9-5-3-6-10-17)18-11-7-4-8-12-18/h3-12,20H,2,13-16H2,1H3. The number of nitrogens with zero attached hydrogens (tertiary/aromatic N) is 1. The zero-order valence-corrected chi connectivity index (χ0v) is 12.8. The van der Waals surface area contributed by atoms with Gasteiger partial charge in [-0.25, -0.2) is 0 Å². The van der Waals surface area contributed by atoms with Gasteiger partial charge in [0.1, 0.15) is 0 Å². The average molecular weight is 280 g/mol. The van der Waals surface area contributed by atoms with Crippen molar-refractivity contribution in [2.75, 3.05) is 26.2 Å². The highest BCUT2D eigenvalue weighted by Crippen LogP contribution is 2.32. The molecule has 0 aliphatic carbocycles. The van der Waals surface area contributed by atoms with Crippen LogP contribution in [0, 0.1) is 0 Å². The van der Waals surface area contributed by atoms with Gasteiger partial charge >= 0.3 is 0 Å². The molecule has 0 bridgehead atoms. The van der Waals surface area contributed by atoms with Crippen molar-refractivity contribution in [3.8, 4) is 0 Å². The van der Waals surface area contributed by atoms with Crippen molar-refractivity contribution in [3.05, 3.63) is 71.8 Å². The second-order valence-corrected chi connectivity index (χ2v) is 5.84. The lowest BCUT2D eigenvalue weighted by atomic mass is 9.81. The van der Waals surface area contributed by atoms with Gasteiger partial charge in [-0.2, -0.15) is 0 Å². The molecule has 2 nitrogen and oxygen atoms in total. The number of rotatable bonds is 4. The first-order valence-corrected chi connectivity index (χ1v) is 7.93. The van der Waals surface area contributed by atoms with Crippen LogP contribution in [0.2, 0.25) is 0 Å². The van der Waals surface area contributed by atoms with Crippen LogP contribution < -0.4 is 5.32 Å². The molecule has 0 aromatic heterocycles. The first kappa shape index (κ1) is 14.3. The summed E-state index contributed by atoms with van der Waals surface area (Å²) in [5.41, 5.74) is 2.63. The maximum atomic E-state index is 3.81. The highest BCUT2D eigenvalue weighted by molar-refractivity contribution is 5.39. The number of nitrogens with one attached hydrogen (secondary N) is 1. The summed E-state index contributed by atoms with van der Waals surface area (Å²) < 4.78 is 0. The van der Waals surface area contributed by atoms with Crippen molar-refractivity contribution in [1.29, 1.82) is 0 Å². The molecule has 1 saturated heterocycles. The van der Waals surface area contributed by atoms with E-state index in [9.17, 15) is 0 Å². The smallest absolute Gasteiger partial charge is 0.0820 e. The largest absolute Gasteiger partial charge is 0.301 e. The van der Waals surface area contributed by atoms with Gasteiger partial charge in [0.25, 0.3) is 0 Å². The second-order valence-electron chi connectivity index (χ2n) is 5.84. The van der Waals surface area contributed by atoms with Crippen LogP contribution in [-0.2, 0) is 5.54 Å². The quantitative estimate of drug-likeness (QED) is 0.925. The highest BCUT2D eigenvalue weighted by Gasteiger charge is 2.37. The van der Waals surface area contributed by atoms with Crippen LogP contribution in [0.5, 0.6) is 0 Å². The Labute approximate surface area is 127 Å². The lowest BCUT2D eigenvalue weighted by Crippen LogP contribution is -2.58. The molecular formula is C19H24N2. The molecular weight excluding hydrogens is 256 g/mol. The van der Waals surface area contributed by atoms with Gasteiger partial charge < -0.3 is 5.32 Å². The van der Waals surface area contributed by atoms with E-state index < -0.39 is 0 Å². The molecule has 0 saturated carbocycles. The fourth-order valence-corrected chi connectivity index (χ4v) is 3.40. The van der Waals surface area contributed by atoms with Crippen molar-refractivity contribution < 1.29 is 0 Å². The maximum absolute atomic E-state index is 3.81. The summed E-state index contributed by atoms with van der Waals surface area (Å²) in [7, 11) is 0. The molecule has 2 aromatic carbocycles. The molecule has 0 amide bonds. The number of hydrogen-bond donors (Lipinski definition) is 1. The van der Waals surface area contributed by atoms with Gasteiger partial charge in [-0.05, 0) is 24.1 Å². The van der Waals surface area contributed by atoms with Gasteiger partial charge in [0, 0.05) is 19.6 Å². The summed E-state index contributed by atoms with van der Waals surface area (Å²) in [5, 5.41) is 3.81. The minimum Gasteiger partial charge on any atom is -0.301 e. The Bertz CT molecular complexity index is 509. The molecule has 1 aliphatic heterocycles. The fraction of sp³-hybridized carbons (Fsp3) is 0.368. The van der Waals surface area contributed by atoms with E-state index in [-0.39, 0.29) is 5.54 Å². The van der Waals surface area contributed by atoms with Crippen LogP contribution in [0.4, 0.5) is 0 Å². The number of benzene rings is 2. The Morgan fingerprint density at radius 3 is 2.05 bits per heavy atom. The molecule has 0 unspecified atom stereocenters. The molecule has 1 fully saturated rings. The van der Waals surface area contributed by atoms with E-state index in [1.165, 1.54) is 24.1 Å². The molecule has 21 heavy (non-hydrogen) atoms. The number of hydrogen-bond acceptors (Lipinski definition) is 2. The van der Waals surface area contributed by atoms with Crippen LogP contribution in [0.1, 0.15) is 24.5 Å². The van der Waals surface area contributed by atoms with E-state index in [0.717, 1.165) is 19.6 Å². The molecule has 0 atom stereocenters. The minimum atomic E-state index is -0.0874. The van der Waals surface area contributed by atoms with E-state index in [4.69, 9.17) is 0 Å². The van der Waals surface area contributed by atoms with Gasteiger partial charge in [0.2, 0.25) is 0 Å². The molecule has 1 heterocycles. The lowest BCUT2D eigenvalue weighted by molar-refractivity contribution is 0.156. The monoisotopic (exact) mass is 280 g/mol. The normalized spacial score (nSPS) is 18.5. The first-order valence-electron chi connectivity index (χ1n) is 7.93. The van der Waals surface area contributed by atoms with Crippen molar-refractivity contribution in [3.63, 3.8) is 0 Å². The summed E-state index contributed by atoms with van der Waals surface area (Å²) in [6.07, 6.45) is 1.21. The Morgan fingerprint density at radius 1 is 0.952 bits per heavy atom. The van der Waals surface area contributed by atoms with Crippen LogP contribution >= 0.6 is 0 Å². The van der Waals surface area contributed by atoms with Gasteiger partial charge in [-0.1, -0.05) is 67.6 Å². The molecule has 110 valence electrons. The van der Waals surface area contributed by atoms with E-state index in [0.29, 0.717) is 0 Å². The van der Waals surface area contributed by atoms with Gasteiger partial charge in [0.15, 0.2) is 0 Å². The molecule has 3 rings (SSSR count). The molecule has 2 heteroatoms. The van der Waals surface area contributed by atoms with Crippen LogP contribution in [0.25, 0.3) is 0 Å². The minimum absolute atomic E-state index is 0.0874. The van der Waals surface area contributed by atoms with Crippen LogP contribution in [-0.4, -0.2) is 31.1 Å². The Balaban J connectivity index is 2.03. The highest BCUT2D eigenvalue weighted by atomic mass is 15.2. The zero-order chi connectivity index (χ0) is 14.5. The first-order chi connectivity index (χ1) is 10.3. The summed E-state index contributed by atoms with van der Waals surface area (Å²) in [5.74, 6) is 0. The predicted octanol–water partition coefficient (Wildman–Crippen LogP) is 3.25. The van der Waals surface area contributed by atoms with E-state index in [1.54, 1.807) is 0 Å². The van der Waals surface area contributed by atoms with E-state index in [1.807, 2.05) is 0 Å². The third-order valence-corrected chi connectivity index (χ3v) is 4.39. The Morgan fingerprint density at radius 2 is 1.52 bits per heavy atom. The summed E-state index contributed by atoms with van der Waals surface area (Å²) in [6, 6.07) is 21.7. The lowest BCUT2D eigenvalue weighted by Gasteiger charge is -2.44. The van der Waals surface area contributed by atoms with Crippen molar-refractivity contribution in [2.24, 2.45) is 0 Å². The molecule has 1 aliphatic rings. The van der Waals surface area contributed by atoms with E-state index in [2.05, 4.69) is 77.8 Å². The summed E-state index contributed by atoms with van der Waals surface area (Å²) in [6.45, 7) is 6.63. The Kier molecular flexibility index (Phi) is 4.37. The third-order valence-electron chi connectivity index (χ3n) is 4.39. The second kappa shape index (κ2) is 6.42. The third kappa shape index (κ3) is 2.87. The molecule has 1 N–H and O–H groups in total. The van der Waals surface area contributed by atoms with Gasteiger partial charge in [-0.15, -0.1) is 0 Å². The Hall–Kier alpha value is -1.64. The molecule has 0 spiro atoms. The SMILES string of the molecule is CCCN1CCNC(c2ccccc2)(c2ccccc2)C1. The maximum Gasteiger partial charge on any atom is 0.0820 e. The predicted molar refractivity (Wildman–Crippen MR) is 88.4 cm³/mol. The summed E-state index contributed by atoms with van der Waals surface area (Å²) in [4.78, 5) is 2.58. The van der Waals surface area contributed by atoms with Crippen molar-refractivity contribution in [2.45, 2.75) is 18.9 Å². The summed E-state index contributed by atoms with van der Waals surface area (Å²) >= 11 is 0. The van der Waals surface area contributed by atoms with Gasteiger partial charge in [0.05, 0.1) is 5.54 Å². The average Bonchev–Trinajstić information content (AvgIpc) is 2.57. The topological polar surface area (TPSA) is 15.3 Å². The van der Waals surface area contributed by atoms with Gasteiger partial charge in [-0.3, -0.25) is 4.90 Å². The van der Waals surface area contributed by atoms with E-state index >= 15 is 0 Å². The fourth-order valence-electron chi connectivity index (χ4n) is 3.40.